The minimum Gasteiger partial charge on any atom is -0.324 e. The molecule has 3 fully saturated rings. The summed E-state index contributed by atoms with van der Waals surface area (Å²) < 4.78 is 0. The van der Waals surface area contributed by atoms with Gasteiger partial charge in [0.1, 0.15) is 5.54 Å². The topological polar surface area (TPSA) is 113 Å². The second-order valence-electron chi connectivity index (χ2n) is 9.80. The van der Waals surface area contributed by atoms with Crippen molar-refractivity contribution in [2.75, 3.05) is 16.8 Å². The third-order valence-corrected chi connectivity index (χ3v) is 8.33. The van der Waals surface area contributed by atoms with Crippen LogP contribution in [0, 0.1) is 42.7 Å². The molecule has 0 bridgehead atoms. The highest BCUT2D eigenvalue weighted by atomic mass is 16.6. The molecule has 34 heavy (non-hydrogen) atoms. The molecule has 1 spiro atoms. The fourth-order valence-electron chi connectivity index (χ4n) is 6.76. The molecule has 4 aliphatic heterocycles. The fraction of sp³-hybridized carbons (Fsp3) is 0.400. The van der Waals surface area contributed by atoms with Crippen molar-refractivity contribution in [1.82, 2.24) is 4.90 Å². The number of nitro groups is 1. The standard InChI is InChI=1S/C25H24N4O5/c1-12-6-8-16-21(14(12)3)26-24(32)25(16)20-19(18-5-4-10-27(18)25)22(30)28(23(20)31)17-9-7-15(29(33)34)11-13(17)2/h6-9,11,18-20H,4-5,10H2,1-3H3,(H,26,32). The molecule has 6 rings (SSSR count). The van der Waals surface area contributed by atoms with Crippen LogP contribution in [0.1, 0.15) is 35.1 Å². The van der Waals surface area contributed by atoms with Gasteiger partial charge in [0.15, 0.2) is 0 Å². The normalized spacial score (nSPS) is 29.6. The zero-order chi connectivity index (χ0) is 24.1. The van der Waals surface area contributed by atoms with Crippen LogP contribution >= 0.6 is 0 Å². The monoisotopic (exact) mass is 460 g/mol. The van der Waals surface area contributed by atoms with Gasteiger partial charge < -0.3 is 5.32 Å². The number of carbonyl (C=O) groups is 3. The molecule has 174 valence electrons. The van der Waals surface area contributed by atoms with Gasteiger partial charge in [-0.1, -0.05) is 12.1 Å². The number of nitro benzene ring substituents is 1. The summed E-state index contributed by atoms with van der Waals surface area (Å²) in [6.07, 6.45) is 1.59. The van der Waals surface area contributed by atoms with E-state index in [-0.39, 0.29) is 23.5 Å². The first kappa shape index (κ1) is 21.0. The molecule has 0 saturated carbocycles. The van der Waals surface area contributed by atoms with Crippen LogP contribution in [0.2, 0.25) is 0 Å². The van der Waals surface area contributed by atoms with Crippen molar-refractivity contribution in [1.29, 1.82) is 0 Å². The zero-order valence-electron chi connectivity index (χ0n) is 19.1. The Morgan fingerprint density at radius 3 is 2.53 bits per heavy atom. The highest BCUT2D eigenvalue weighted by Gasteiger charge is 2.74. The van der Waals surface area contributed by atoms with Crippen LogP contribution in [0.4, 0.5) is 17.1 Å². The lowest BCUT2D eigenvalue weighted by molar-refractivity contribution is -0.384. The van der Waals surface area contributed by atoms with Crippen molar-refractivity contribution >= 4 is 34.8 Å². The summed E-state index contributed by atoms with van der Waals surface area (Å²) in [7, 11) is 0. The summed E-state index contributed by atoms with van der Waals surface area (Å²) in [4.78, 5) is 55.5. The molecule has 4 aliphatic rings. The van der Waals surface area contributed by atoms with E-state index in [9.17, 15) is 24.5 Å². The first-order chi connectivity index (χ1) is 16.2. The Morgan fingerprint density at radius 2 is 1.82 bits per heavy atom. The molecule has 2 aromatic rings. The average Bonchev–Trinajstić information content (AvgIpc) is 3.50. The van der Waals surface area contributed by atoms with Crippen LogP contribution in [0.15, 0.2) is 30.3 Å². The fourth-order valence-corrected chi connectivity index (χ4v) is 6.76. The number of imide groups is 1. The largest absolute Gasteiger partial charge is 0.324 e. The van der Waals surface area contributed by atoms with E-state index in [1.165, 1.54) is 18.2 Å². The zero-order valence-corrected chi connectivity index (χ0v) is 19.1. The predicted octanol–water partition coefficient (Wildman–Crippen LogP) is 2.95. The molecule has 0 aromatic heterocycles. The van der Waals surface area contributed by atoms with Gasteiger partial charge in [-0.25, -0.2) is 4.90 Å². The maximum atomic E-state index is 14.0. The van der Waals surface area contributed by atoms with Gasteiger partial charge in [0.2, 0.25) is 17.7 Å². The minimum atomic E-state index is -1.23. The molecular weight excluding hydrogens is 436 g/mol. The summed E-state index contributed by atoms with van der Waals surface area (Å²) in [5, 5.41) is 14.2. The molecular formula is C25H24N4O5. The van der Waals surface area contributed by atoms with Crippen molar-refractivity contribution in [3.8, 4) is 0 Å². The summed E-state index contributed by atoms with van der Waals surface area (Å²) in [6, 6.07) is 7.81. The van der Waals surface area contributed by atoms with Crippen LogP contribution < -0.4 is 10.2 Å². The van der Waals surface area contributed by atoms with E-state index in [4.69, 9.17) is 0 Å². The van der Waals surface area contributed by atoms with Crippen LogP contribution in [0.25, 0.3) is 0 Å². The maximum Gasteiger partial charge on any atom is 0.269 e. The smallest absolute Gasteiger partial charge is 0.269 e. The number of nitrogens with zero attached hydrogens (tertiary/aromatic N) is 3. The first-order valence-corrected chi connectivity index (χ1v) is 11.5. The summed E-state index contributed by atoms with van der Waals surface area (Å²) in [5.41, 5.74) is 2.99. The van der Waals surface area contributed by atoms with Crippen molar-refractivity contribution in [3.05, 3.63) is 62.7 Å². The van der Waals surface area contributed by atoms with Crippen LogP contribution in [-0.4, -0.2) is 40.1 Å². The van der Waals surface area contributed by atoms with Gasteiger partial charge in [0.25, 0.3) is 5.69 Å². The summed E-state index contributed by atoms with van der Waals surface area (Å²) >= 11 is 0. The van der Waals surface area contributed by atoms with Gasteiger partial charge in [0, 0.05) is 29.4 Å². The number of non-ortho nitro benzene ring substituents is 1. The lowest BCUT2D eigenvalue weighted by atomic mass is 9.75. The Balaban J connectivity index is 1.54. The predicted molar refractivity (Wildman–Crippen MR) is 123 cm³/mol. The second-order valence-corrected chi connectivity index (χ2v) is 9.80. The van der Waals surface area contributed by atoms with Gasteiger partial charge in [0.05, 0.1) is 22.4 Å². The van der Waals surface area contributed by atoms with E-state index in [1.807, 2.05) is 26.0 Å². The number of anilines is 2. The number of amides is 3. The maximum absolute atomic E-state index is 14.0. The van der Waals surface area contributed by atoms with E-state index >= 15 is 0 Å². The molecule has 2 aromatic carbocycles. The van der Waals surface area contributed by atoms with E-state index in [1.54, 1.807) is 6.92 Å². The molecule has 4 atom stereocenters. The summed E-state index contributed by atoms with van der Waals surface area (Å²) in [5.74, 6) is -2.47. The Kier molecular flexibility index (Phi) is 4.15. The van der Waals surface area contributed by atoms with Gasteiger partial charge in [-0.15, -0.1) is 0 Å². The van der Waals surface area contributed by atoms with Crippen molar-refractivity contribution in [2.24, 2.45) is 11.8 Å². The number of hydrogen-bond donors (Lipinski definition) is 1. The van der Waals surface area contributed by atoms with E-state index in [0.29, 0.717) is 17.8 Å². The molecule has 1 N–H and O–H groups in total. The summed E-state index contributed by atoms with van der Waals surface area (Å²) in [6.45, 7) is 6.23. The van der Waals surface area contributed by atoms with Gasteiger partial charge >= 0.3 is 0 Å². The van der Waals surface area contributed by atoms with Crippen molar-refractivity contribution in [2.45, 2.75) is 45.2 Å². The first-order valence-electron chi connectivity index (χ1n) is 11.5. The lowest BCUT2D eigenvalue weighted by Crippen LogP contribution is -2.54. The van der Waals surface area contributed by atoms with Crippen molar-refractivity contribution in [3.63, 3.8) is 0 Å². The molecule has 3 amide bonds. The van der Waals surface area contributed by atoms with Crippen molar-refractivity contribution < 1.29 is 19.3 Å². The van der Waals surface area contributed by atoms with E-state index in [0.717, 1.165) is 40.1 Å². The Bertz CT molecular complexity index is 1340. The average molecular weight is 460 g/mol. The number of rotatable bonds is 2. The molecule has 9 nitrogen and oxygen atoms in total. The number of carbonyl (C=O) groups excluding carboxylic acids is 3. The molecule has 4 heterocycles. The highest BCUT2D eigenvalue weighted by molar-refractivity contribution is 6.26. The Labute approximate surface area is 195 Å². The van der Waals surface area contributed by atoms with E-state index < -0.39 is 28.2 Å². The number of benzene rings is 2. The third-order valence-electron chi connectivity index (χ3n) is 8.33. The number of fused-ring (bicyclic) bond motifs is 7. The lowest BCUT2D eigenvalue weighted by Gasteiger charge is -2.36. The number of aryl methyl sites for hydroxylation is 2. The van der Waals surface area contributed by atoms with Crippen LogP contribution in [0.5, 0.6) is 0 Å². The third kappa shape index (κ3) is 2.30. The SMILES string of the molecule is Cc1cc([N+](=O)[O-])ccc1N1C(=O)C2C3CCCN3C3(C(=O)Nc4c3ccc(C)c4C)C2C1=O. The van der Waals surface area contributed by atoms with E-state index in [2.05, 4.69) is 10.2 Å². The van der Waals surface area contributed by atoms with Gasteiger partial charge in [-0.2, -0.15) is 0 Å². The number of nitrogens with one attached hydrogen (secondary N) is 1. The molecule has 4 unspecified atom stereocenters. The van der Waals surface area contributed by atoms with Gasteiger partial charge in [-0.3, -0.25) is 29.4 Å². The van der Waals surface area contributed by atoms with Crippen LogP contribution in [-0.2, 0) is 19.9 Å². The molecule has 0 aliphatic carbocycles. The minimum absolute atomic E-state index is 0.103. The van der Waals surface area contributed by atoms with Crippen LogP contribution in [0.3, 0.4) is 0 Å². The second kappa shape index (κ2) is 6.73. The Morgan fingerprint density at radius 1 is 1.06 bits per heavy atom. The molecule has 9 heteroatoms. The molecule has 0 radical (unpaired) electrons. The van der Waals surface area contributed by atoms with Gasteiger partial charge in [-0.05, 0) is 62.9 Å². The quantitative estimate of drug-likeness (QED) is 0.419. The highest BCUT2D eigenvalue weighted by Crippen LogP contribution is 2.61. The number of hydrogen-bond acceptors (Lipinski definition) is 6. The molecule has 3 saturated heterocycles. The Hall–Kier alpha value is -3.59.